The Hall–Kier alpha value is -0.410. The Labute approximate surface area is 146 Å². The van der Waals surface area contributed by atoms with Gasteiger partial charge in [-0.2, -0.15) is 0 Å². The van der Waals surface area contributed by atoms with Gasteiger partial charge in [-0.05, 0) is 79.4 Å². The van der Waals surface area contributed by atoms with Crippen LogP contribution in [0.4, 0.5) is 0 Å². The highest BCUT2D eigenvalue weighted by Crippen LogP contribution is 2.66. The predicted octanol–water partition coefficient (Wildman–Crippen LogP) is 3.83. The molecule has 24 heavy (non-hydrogen) atoms. The fraction of sp³-hybridized carbons (Fsp3) is 0.952. The van der Waals surface area contributed by atoms with Gasteiger partial charge in [0, 0.05) is 19.4 Å². The zero-order valence-electron chi connectivity index (χ0n) is 15.6. The molecule has 4 saturated carbocycles. The molecule has 4 aliphatic carbocycles. The Morgan fingerprint density at radius 3 is 2.58 bits per heavy atom. The van der Waals surface area contributed by atoms with E-state index in [9.17, 15) is 9.90 Å². The molecule has 1 N–H and O–H groups in total. The van der Waals surface area contributed by atoms with Gasteiger partial charge in [-0.1, -0.05) is 13.8 Å². The molecule has 0 radical (unpaired) electrons. The number of aliphatic hydroxyl groups is 1. The predicted molar refractivity (Wildman–Crippen MR) is 93.5 cm³/mol. The highest BCUT2D eigenvalue weighted by atomic mass is 16.5. The van der Waals surface area contributed by atoms with Crippen molar-refractivity contribution in [3.63, 3.8) is 0 Å². The second-order valence-electron chi connectivity index (χ2n) is 9.82. The summed E-state index contributed by atoms with van der Waals surface area (Å²) in [6.45, 7) is 5.42. The number of aliphatic hydroxyl groups excluding tert-OH is 1. The average molecular weight is 335 g/mol. The minimum absolute atomic E-state index is 0.0943. The van der Waals surface area contributed by atoms with Crippen molar-refractivity contribution in [1.29, 1.82) is 0 Å². The third-order valence-corrected chi connectivity index (χ3v) is 8.97. The molecule has 0 amide bonds. The standard InChI is InChI=1S/C21H34O3/c1-20-9-8-17-15(16(20)6-7-19(20)23)5-4-14-10-18(22)13(12-24-3)11-21(14,17)2/h13-17,19,23H,4-12H2,1-3H3/t13-,14-,15+,16+,17+,19-,20+,21+/m1/s1. The van der Waals surface area contributed by atoms with E-state index in [0.29, 0.717) is 29.6 Å². The number of rotatable bonds is 2. The molecule has 0 bridgehead atoms. The van der Waals surface area contributed by atoms with Crippen LogP contribution in [0.1, 0.15) is 65.2 Å². The summed E-state index contributed by atoms with van der Waals surface area (Å²) in [6, 6.07) is 0. The van der Waals surface area contributed by atoms with E-state index in [0.717, 1.165) is 31.1 Å². The molecule has 0 saturated heterocycles. The molecule has 136 valence electrons. The van der Waals surface area contributed by atoms with Gasteiger partial charge < -0.3 is 9.84 Å². The number of methoxy groups -OCH3 is 1. The minimum atomic E-state index is -0.0943. The van der Waals surface area contributed by atoms with E-state index in [1.807, 2.05) is 0 Å². The first-order valence-electron chi connectivity index (χ1n) is 10.1. The lowest BCUT2D eigenvalue weighted by Gasteiger charge is -2.60. The van der Waals surface area contributed by atoms with Crippen molar-refractivity contribution in [2.45, 2.75) is 71.3 Å². The molecule has 4 aliphatic rings. The lowest BCUT2D eigenvalue weighted by atomic mass is 9.44. The molecular formula is C21H34O3. The van der Waals surface area contributed by atoms with Crippen LogP contribution in [-0.4, -0.2) is 30.7 Å². The maximum atomic E-state index is 12.5. The zero-order chi connectivity index (χ0) is 17.1. The van der Waals surface area contributed by atoms with E-state index in [4.69, 9.17) is 4.74 Å². The van der Waals surface area contributed by atoms with Gasteiger partial charge in [0.25, 0.3) is 0 Å². The second-order valence-corrected chi connectivity index (χ2v) is 9.82. The number of Topliss-reactive ketones (excluding diaryl/α,β-unsaturated/α-hetero) is 1. The first kappa shape index (κ1) is 17.0. The van der Waals surface area contributed by atoms with Crippen molar-refractivity contribution >= 4 is 5.78 Å². The molecule has 4 fully saturated rings. The number of ketones is 1. The Morgan fingerprint density at radius 2 is 1.83 bits per heavy atom. The van der Waals surface area contributed by atoms with Gasteiger partial charge >= 0.3 is 0 Å². The van der Waals surface area contributed by atoms with E-state index < -0.39 is 0 Å². The van der Waals surface area contributed by atoms with Crippen LogP contribution in [-0.2, 0) is 9.53 Å². The number of fused-ring (bicyclic) bond motifs is 5. The quantitative estimate of drug-likeness (QED) is 0.835. The van der Waals surface area contributed by atoms with Crippen LogP contribution in [0.5, 0.6) is 0 Å². The fourth-order valence-electron chi connectivity index (χ4n) is 7.57. The molecule has 0 aliphatic heterocycles. The van der Waals surface area contributed by atoms with Crippen molar-refractivity contribution in [3.05, 3.63) is 0 Å². The van der Waals surface area contributed by atoms with Gasteiger partial charge in [-0.25, -0.2) is 0 Å². The molecule has 0 spiro atoms. The van der Waals surface area contributed by atoms with E-state index in [2.05, 4.69) is 13.8 Å². The summed E-state index contributed by atoms with van der Waals surface area (Å²) in [5, 5.41) is 10.6. The summed E-state index contributed by atoms with van der Waals surface area (Å²) in [5.41, 5.74) is 0.454. The normalized spacial score (nSPS) is 54.1. The number of carbonyl (C=O) groups excluding carboxylic acids is 1. The van der Waals surface area contributed by atoms with E-state index in [1.165, 1.54) is 32.1 Å². The molecule has 0 unspecified atom stereocenters. The number of ether oxygens (including phenoxy) is 1. The van der Waals surface area contributed by atoms with Crippen molar-refractivity contribution in [2.24, 2.45) is 40.4 Å². The second kappa shape index (κ2) is 5.81. The van der Waals surface area contributed by atoms with Gasteiger partial charge in [-0.3, -0.25) is 4.79 Å². The molecular weight excluding hydrogens is 300 g/mol. The first-order valence-corrected chi connectivity index (χ1v) is 10.1. The fourth-order valence-corrected chi connectivity index (χ4v) is 7.57. The third kappa shape index (κ3) is 2.26. The molecule has 3 nitrogen and oxygen atoms in total. The number of hydrogen-bond donors (Lipinski definition) is 1. The van der Waals surface area contributed by atoms with E-state index >= 15 is 0 Å². The molecule has 0 aromatic heterocycles. The van der Waals surface area contributed by atoms with Gasteiger partial charge in [0.1, 0.15) is 5.78 Å². The van der Waals surface area contributed by atoms with E-state index in [1.54, 1.807) is 7.11 Å². The highest BCUT2D eigenvalue weighted by Gasteiger charge is 2.60. The summed E-state index contributed by atoms with van der Waals surface area (Å²) >= 11 is 0. The first-order chi connectivity index (χ1) is 11.4. The van der Waals surface area contributed by atoms with Crippen LogP contribution in [0.2, 0.25) is 0 Å². The van der Waals surface area contributed by atoms with Crippen molar-refractivity contribution in [3.8, 4) is 0 Å². The highest BCUT2D eigenvalue weighted by molar-refractivity contribution is 5.82. The monoisotopic (exact) mass is 334 g/mol. The summed E-state index contributed by atoms with van der Waals surface area (Å²) in [4.78, 5) is 12.5. The molecule has 4 rings (SSSR count). The third-order valence-electron chi connectivity index (χ3n) is 8.97. The average Bonchev–Trinajstić information content (AvgIpc) is 2.85. The number of carbonyl (C=O) groups is 1. The minimum Gasteiger partial charge on any atom is -0.393 e. The maximum Gasteiger partial charge on any atom is 0.138 e. The van der Waals surface area contributed by atoms with Crippen LogP contribution in [0, 0.1) is 40.4 Å². The van der Waals surface area contributed by atoms with Gasteiger partial charge in [-0.15, -0.1) is 0 Å². The van der Waals surface area contributed by atoms with Crippen LogP contribution < -0.4 is 0 Å². The largest absolute Gasteiger partial charge is 0.393 e. The lowest BCUT2D eigenvalue weighted by molar-refractivity contribution is -0.152. The Kier molecular flexibility index (Phi) is 4.12. The summed E-state index contributed by atoms with van der Waals surface area (Å²) in [6.07, 6.45) is 8.82. The zero-order valence-corrected chi connectivity index (χ0v) is 15.6. The molecule has 8 atom stereocenters. The Balaban J connectivity index is 1.61. The molecule has 3 heteroatoms. The van der Waals surface area contributed by atoms with Gasteiger partial charge in [0.2, 0.25) is 0 Å². The number of hydrogen-bond acceptors (Lipinski definition) is 3. The van der Waals surface area contributed by atoms with Crippen LogP contribution in [0.15, 0.2) is 0 Å². The van der Waals surface area contributed by atoms with Crippen molar-refractivity contribution in [1.82, 2.24) is 0 Å². The molecule has 0 aromatic rings. The van der Waals surface area contributed by atoms with Crippen molar-refractivity contribution < 1.29 is 14.6 Å². The maximum absolute atomic E-state index is 12.5. The van der Waals surface area contributed by atoms with Gasteiger partial charge in [0.05, 0.1) is 12.7 Å². The lowest BCUT2D eigenvalue weighted by Crippen LogP contribution is -2.55. The van der Waals surface area contributed by atoms with Gasteiger partial charge in [0.15, 0.2) is 0 Å². The smallest absolute Gasteiger partial charge is 0.138 e. The van der Waals surface area contributed by atoms with Crippen LogP contribution in [0.3, 0.4) is 0 Å². The SMILES string of the molecule is COC[C@H]1C[C@@]2(C)[C@H](CC[C@@H]3[C@@H]2CC[C@]2(C)[C@H](O)CC[C@@H]32)CC1=O. The molecule has 0 heterocycles. The van der Waals surface area contributed by atoms with E-state index in [-0.39, 0.29) is 17.4 Å². The summed E-state index contributed by atoms with van der Waals surface area (Å²) in [7, 11) is 1.72. The van der Waals surface area contributed by atoms with Crippen molar-refractivity contribution in [2.75, 3.05) is 13.7 Å². The Bertz CT molecular complexity index is 517. The topological polar surface area (TPSA) is 46.5 Å². The van der Waals surface area contributed by atoms with Crippen LogP contribution in [0.25, 0.3) is 0 Å². The molecule has 0 aromatic carbocycles. The Morgan fingerprint density at radius 1 is 1.08 bits per heavy atom. The summed E-state index contributed by atoms with van der Waals surface area (Å²) < 4.78 is 5.36. The van der Waals surface area contributed by atoms with Crippen LogP contribution >= 0.6 is 0 Å². The summed E-state index contributed by atoms with van der Waals surface area (Å²) in [5.74, 6) is 3.33.